The molecule has 9 heteroatoms. The van der Waals surface area contributed by atoms with E-state index in [1.165, 1.54) is 6.07 Å². The van der Waals surface area contributed by atoms with Crippen molar-refractivity contribution in [1.29, 1.82) is 0 Å². The fourth-order valence-corrected chi connectivity index (χ4v) is 4.37. The lowest BCUT2D eigenvalue weighted by atomic mass is 9.95. The molecule has 2 heterocycles. The van der Waals surface area contributed by atoms with Crippen molar-refractivity contribution >= 4 is 27.7 Å². The normalized spacial score (nSPS) is 22.6. The number of benzene rings is 1. The second-order valence-corrected chi connectivity index (χ2v) is 8.63. The van der Waals surface area contributed by atoms with Crippen LogP contribution in [0.4, 0.5) is 19.0 Å². The Morgan fingerprint density at radius 1 is 1.17 bits per heavy atom. The van der Waals surface area contributed by atoms with Crippen LogP contribution in [-0.2, 0) is 0 Å². The fourth-order valence-electron chi connectivity index (χ4n) is 4.10. The lowest BCUT2D eigenvalue weighted by Gasteiger charge is -2.33. The highest BCUT2D eigenvalue weighted by Crippen LogP contribution is 2.43. The number of aromatic nitrogens is 2. The number of halogens is 4. The first-order chi connectivity index (χ1) is 13.8. The average molecular weight is 471 g/mol. The van der Waals surface area contributed by atoms with Gasteiger partial charge in [0.1, 0.15) is 5.82 Å². The largest absolute Gasteiger partial charge is 0.410 e. The smallest absolute Gasteiger partial charge is 0.363 e. The number of carbonyl (C=O) groups excluding carboxylic acids is 1. The molecule has 0 radical (unpaired) electrons. The van der Waals surface area contributed by atoms with E-state index in [2.05, 4.69) is 31.7 Å². The molecule has 1 aliphatic carbocycles. The molecule has 0 unspecified atom stereocenters. The first kappa shape index (κ1) is 20.3. The number of nitrogens with zero attached hydrogens (tertiary/aromatic N) is 2. The Morgan fingerprint density at radius 2 is 1.86 bits per heavy atom. The molecule has 2 N–H and O–H groups in total. The van der Waals surface area contributed by atoms with Crippen LogP contribution in [-0.4, -0.2) is 27.9 Å². The molecule has 4 rings (SSSR count). The zero-order valence-electron chi connectivity index (χ0n) is 15.7. The van der Waals surface area contributed by atoms with Gasteiger partial charge in [0, 0.05) is 23.0 Å². The number of hydrogen-bond donors (Lipinski definition) is 2. The number of fused-ring (bicyclic) bond motifs is 1. The van der Waals surface area contributed by atoms with Gasteiger partial charge in [0.05, 0.1) is 6.04 Å². The van der Waals surface area contributed by atoms with Crippen LogP contribution in [0.5, 0.6) is 0 Å². The van der Waals surface area contributed by atoms with Crippen molar-refractivity contribution in [2.45, 2.75) is 62.8 Å². The molecule has 0 spiro atoms. The summed E-state index contributed by atoms with van der Waals surface area (Å²) >= 11 is 3.34. The zero-order chi connectivity index (χ0) is 20.6. The zero-order valence-corrected chi connectivity index (χ0v) is 17.3. The van der Waals surface area contributed by atoms with Gasteiger partial charge in [-0.2, -0.15) is 18.3 Å². The van der Waals surface area contributed by atoms with Crippen LogP contribution in [0, 0.1) is 0 Å². The number of carbonyl (C=O) groups is 1. The molecule has 2 atom stereocenters. The van der Waals surface area contributed by atoms with Crippen molar-refractivity contribution in [2.24, 2.45) is 0 Å². The van der Waals surface area contributed by atoms with Crippen molar-refractivity contribution < 1.29 is 18.0 Å². The maximum atomic E-state index is 13.8. The number of amides is 1. The van der Waals surface area contributed by atoms with E-state index in [4.69, 9.17) is 0 Å². The fraction of sp³-hybridized carbons (Fsp3) is 0.500. The van der Waals surface area contributed by atoms with Gasteiger partial charge in [0.25, 0.3) is 5.91 Å². The first-order valence-electron chi connectivity index (χ1n) is 9.80. The second kappa shape index (κ2) is 8.01. The summed E-state index contributed by atoms with van der Waals surface area (Å²) < 4.78 is 43.0. The van der Waals surface area contributed by atoms with Gasteiger partial charge < -0.3 is 10.6 Å². The predicted molar refractivity (Wildman–Crippen MR) is 107 cm³/mol. The van der Waals surface area contributed by atoms with E-state index in [-0.39, 0.29) is 24.0 Å². The summed E-state index contributed by atoms with van der Waals surface area (Å²) in [6.45, 7) is 0. The SMILES string of the molecule is O=C(NC1CCCCC1)c1cc2n(n1)[C@H](C(F)(F)F)C[C@@H](c1ccc(Br)cc1)N2. The molecule has 0 bridgehead atoms. The number of alkyl halides is 3. The van der Waals surface area contributed by atoms with E-state index in [0.29, 0.717) is 0 Å². The van der Waals surface area contributed by atoms with Crippen molar-refractivity contribution in [3.63, 3.8) is 0 Å². The van der Waals surface area contributed by atoms with Crippen LogP contribution >= 0.6 is 15.9 Å². The number of rotatable bonds is 3. The van der Waals surface area contributed by atoms with Crippen molar-refractivity contribution in [3.05, 3.63) is 46.1 Å². The highest BCUT2D eigenvalue weighted by molar-refractivity contribution is 9.10. The number of hydrogen-bond acceptors (Lipinski definition) is 3. The van der Waals surface area contributed by atoms with E-state index in [1.54, 1.807) is 24.3 Å². The lowest BCUT2D eigenvalue weighted by molar-refractivity contribution is -0.173. The van der Waals surface area contributed by atoms with Crippen molar-refractivity contribution in [2.75, 3.05) is 5.32 Å². The summed E-state index contributed by atoms with van der Waals surface area (Å²) in [5.41, 5.74) is 0.770. The van der Waals surface area contributed by atoms with E-state index < -0.39 is 24.2 Å². The molecule has 0 saturated heterocycles. The molecule has 29 heavy (non-hydrogen) atoms. The van der Waals surface area contributed by atoms with Gasteiger partial charge in [-0.1, -0.05) is 47.3 Å². The Labute approximate surface area is 175 Å². The second-order valence-electron chi connectivity index (χ2n) is 7.71. The van der Waals surface area contributed by atoms with Crippen LogP contribution in [0.3, 0.4) is 0 Å². The first-order valence-corrected chi connectivity index (χ1v) is 10.6. The molecule has 1 aliphatic heterocycles. The molecule has 1 amide bonds. The molecule has 1 aromatic carbocycles. The predicted octanol–water partition coefficient (Wildman–Crippen LogP) is 5.37. The summed E-state index contributed by atoms with van der Waals surface area (Å²) in [6, 6.07) is 6.36. The minimum atomic E-state index is -4.46. The Balaban J connectivity index is 1.59. The summed E-state index contributed by atoms with van der Waals surface area (Å²) in [7, 11) is 0. The maximum absolute atomic E-state index is 13.8. The highest BCUT2D eigenvalue weighted by Gasteiger charge is 2.46. The number of anilines is 1. The van der Waals surface area contributed by atoms with E-state index in [0.717, 1.165) is 46.8 Å². The third-order valence-corrected chi connectivity index (χ3v) is 6.16. The van der Waals surface area contributed by atoms with E-state index in [1.807, 2.05) is 0 Å². The quantitative estimate of drug-likeness (QED) is 0.633. The Kier molecular flexibility index (Phi) is 5.59. The highest BCUT2D eigenvalue weighted by atomic mass is 79.9. The minimum Gasteiger partial charge on any atom is -0.363 e. The lowest BCUT2D eigenvalue weighted by Crippen LogP contribution is -2.37. The molecule has 1 saturated carbocycles. The molecule has 1 fully saturated rings. The van der Waals surface area contributed by atoms with Crippen LogP contribution in [0.25, 0.3) is 0 Å². The summed E-state index contributed by atoms with van der Waals surface area (Å²) in [5, 5.41) is 10.1. The van der Waals surface area contributed by atoms with Crippen LogP contribution < -0.4 is 10.6 Å². The summed E-state index contributed by atoms with van der Waals surface area (Å²) in [6.07, 6.45) is 0.397. The summed E-state index contributed by atoms with van der Waals surface area (Å²) in [5.74, 6) is -0.206. The topological polar surface area (TPSA) is 59.0 Å². The molecule has 5 nitrogen and oxygen atoms in total. The van der Waals surface area contributed by atoms with Gasteiger partial charge in [0.15, 0.2) is 11.7 Å². The molecular weight excluding hydrogens is 449 g/mol. The van der Waals surface area contributed by atoms with E-state index in [9.17, 15) is 18.0 Å². The molecular formula is C20H22BrF3N4O. The molecule has 1 aromatic heterocycles. The summed E-state index contributed by atoms with van der Waals surface area (Å²) in [4.78, 5) is 12.6. The van der Waals surface area contributed by atoms with Crippen molar-refractivity contribution in [1.82, 2.24) is 15.1 Å². The van der Waals surface area contributed by atoms with Crippen LogP contribution in [0.2, 0.25) is 0 Å². The monoisotopic (exact) mass is 470 g/mol. The minimum absolute atomic E-state index is 0.0174. The van der Waals surface area contributed by atoms with Gasteiger partial charge in [-0.25, -0.2) is 4.68 Å². The molecule has 2 aromatic rings. The van der Waals surface area contributed by atoms with Gasteiger partial charge in [-0.15, -0.1) is 0 Å². The Morgan fingerprint density at radius 3 is 2.52 bits per heavy atom. The average Bonchev–Trinajstić information content (AvgIpc) is 3.12. The standard InChI is InChI=1S/C20H22BrF3N4O/c21-13-8-6-12(7-9-13)15-10-17(20(22,23)24)28-18(26-15)11-16(27-28)19(29)25-14-4-2-1-3-5-14/h6-9,11,14-15,17,26H,1-5,10H2,(H,25,29)/t15-,17-/m0/s1. The third kappa shape index (κ3) is 4.44. The maximum Gasteiger partial charge on any atom is 0.410 e. The van der Waals surface area contributed by atoms with Gasteiger partial charge in [-0.05, 0) is 30.5 Å². The molecule has 156 valence electrons. The van der Waals surface area contributed by atoms with Gasteiger partial charge >= 0.3 is 6.18 Å². The molecule has 2 aliphatic rings. The van der Waals surface area contributed by atoms with Gasteiger partial charge in [0.2, 0.25) is 0 Å². The van der Waals surface area contributed by atoms with Gasteiger partial charge in [-0.3, -0.25) is 4.79 Å². The third-order valence-electron chi connectivity index (χ3n) is 5.64. The van der Waals surface area contributed by atoms with E-state index >= 15 is 0 Å². The number of nitrogens with one attached hydrogen (secondary N) is 2. The van der Waals surface area contributed by atoms with Crippen molar-refractivity contribution in [3.8, 4) is 0 Å². The van der Waals surface area contributed by atoms with Crippen LogP contribution in [0.15, 0.2) is 34.8 Å². The Bertz CT molecular complexity index is 875. The Hall–Kier alpha value is -2.03. The van der Waals surface area contributed by atoms with Crippen LogP contribution in [0.1, 0.15) is 66.7 Å².